The Hall–Kier alpha value is -0.170. The molecule has 0 heterocycles. The fraction of sp³-hybridized carbons (Fsp3) is 0.600. The maximum Gasteiger partial charge on any atom is 0.0118 e. The summed E-state index contributed by atoms with van der Waals surface area (Å²) in [5, 5.41) is 0. The van der Waals surface area contributed by atoms with E-state index < -0.39 is 0 Å². The average molecular weight is 170 g/mol. The maximum atomic E-state index is 4.28. The molecule has 0 unspecified atom stereocenters. The molecule has 0 aliphatic heterocycles. The smallest absolute Gasteiger partial charge is 0.0118 e. The average Bonchev–Trinajstić information content (AvgIpc) is 1.87. The highest BCUT2D eigenvalue weighted by molar-refractivity contribution is 7.80. The SMILES string of the molecule is C=CC/C=C(\CS)C(C)(C)C. The summed E-state index contributed by atoms with van der Waals surface area (Å²) in [7, 11) is 0. The minimum atomic E-state index is 0.255. The molecule has 0 aliphatic rings. The molecule has 64 valence electrons. The predicted octanol–water partition coefficient (Wildman–Crippen LogP) is 3.46. The Morgan fingerprint density at radius 3 is 2.27 bits per heavy atom. The minimum Gasteiger partial charge on any atom is -0.175 e. The summed E-state index contributed by atoms with van der Waals surface area (Å²) in [6.45, 7) is 10.3. The Morgan fingerprint density at radius 1 is 1.45 bits per heavy atom. The predicted molar refractivity (Wildman–Crippen MR) is 56.2 cm³/mol. The van der Waals surface area contributed by atoms with E-state index in [1.165, 1.54) is 5.57 Å². The van der Waals surface area contributed by atoms with Crippen molar-refractivity contribution >= 4 is 12.6 Å². The Morgan fingerprint density at radius 2 is 2.00 bits per heavy atom. The van der Waals surface area contributed by atoms with E-state index in [-0.39, 0.29) is 5.41 Å². The van der Waals surface area contributed by atoms with Crippen LogP contribution >= 0.6 is 12.6 Å². The van der Waals surface area contributed by atoms with Gasteiger partial charge in [0.2, 0.25) is 0 Å². The Kier molecular flexibility index (Phi) is 4.58. The fourth-order valence-corrected chi connectivity index (χ4v) is 1.44. The van der Waals surface area contributed by atoms with Gasteiger partial charge in [-0.2, -0.15) is 12.6 Å². The van der Waals surface area contributed by atoms with Crippen LogP contribution in [0.5, 0.6) is 0 Å². The summed E-state index contributed by atoms with van der Waals surface area (Å²) in [6, 6.07) is 0. The van der Waals surface area contributed by atoms with Crippen LogP contribution in [-0.2, 0) is 0 Å². The van der Waals surface area contributed by atoms with Crippen LogP contribution in [0.3, 0.4) is 0 Å². The first-order valence-electron chi connectivity index (χ1n) is 3.93. The summed E-state index contributed by atoms with van der Waals surface area (Å²) in [4.78, 5) is 0. The number of hydrogen-bond donors (Lipinski definition) is 1. The summed E-state index contributed by atoms with van der Waals surface area (Å²) in [6.07, 6.45) is 5.07. The quantitative estimate of drug-likeness (QED) is 0.486. The maximum absolute atomic E-state index is 4.28. The van der Waals surface area contributed by atoms with Gasteiger partial charge >= 0.3 is 0 Å². The molecule has 0 N–H and O–H groups in total. The Bertz CT molecular complexity index is 149. The van der Waals surface area contributed by atoms with E-state index in [9.17, 15) is 0 Å². The first-order chi connectivity index (χ1) is 5.02. The van der Waals surface area contributed by atoms with Crippen LogP contribution in [0.2, 0.25) is 0 Å². The molecule has 11 heavy (non-hydrogen) atoms. The minimum absolute atomic E-state index is 0.255. The summed E-state index contributed by atoms with van der Waals surface area (Å²) < 4.78 is 0. The van der Waals surface area contributed by atoms with Crippen molar-refractivity contribution in [2.24, 2.45) is 5.41 Å². The van der Waals surface area contributed by atoms with Crippen LogP contribution in [0, 0.1) is 5.41 Å². The highest BCUT2D eigenvalue weighted by atomic mass is 32.1. The van der Waals surface area contributed by atoms with Gasteiger partial charge in [-0.3, -0.25) is 0 Å². The van der Waals surface area contributed by atoms with Gasteiger partial charge in [-0.1, -0.05) is 38.5 Å². The van der Waals surface area contributed by atoms with Crippen LogP contribution in [-0.4, -0.2) is 5.75 Å². The molecule has 0 aromatic heterocycles. The van der Waals surface area contributed by atoms with Crippen molar-refractivity contribution in [1.29, 1.82) is 0 Å². The van der Waals surface area contributed by atoms with Gasteiger partial charge in [0.05, 0.1) is 0 Å². The molecular formula is C10H18S. The lowest BCUT2D eigenvalue weighted by Gasteiger charge is -2.21. The lowest BCUT2D eigenvalue weighted by atomic mass is 9.87. The molecule has 0 rings (SSSR count). The van der Waals surface area contributed by atoms with Crippen LogP contribution < -0.4 is 0 Å². The number of rotatable bonds is 3. The van der Waals surface area contributed by atoms with Crippen LogP contribution in [0.4, 0.5) is 0 Å². The van der Waals surface area contributed by atoms with Crippen LogP contribution in [0.25, 0.3) is 0 Å². The Labute approximate surface area is 75.8 Å². The molecule has 0 bridgehead atoms. The van der Waals surface area contributed by atoms with E-state index in [0.717, 1.165) is 12.2 Å². The van der Waals surface area contributed by atoms with Crippen molar-refractivity contribution in [3.05, 3.63) is 24.3 Å². The van der Waals surface area contributed by atoms with Gasteiger partial charge in [-0.25, -0.2) is 0 Å². The standard InChI is InChI=1S/C10H18S/c1-5-6-7-9(8-11)10(2,3)4/h5,7,11H,1,6,8H2,2-4H3/b9-7+. The summed E-state index contributed by atoms with van der Waals surface area (Å²) >= 11 is 4.28. The topological polar surface area (TPSA) is 0 Å². The third kappa shape index (κ3) is 4.31. The van der Waals surface area contributed by atoms with Crippen molar-refractivity contribution < 1.29 is 0 Å². The second kappa shape index (κ2) is 4.66. The molecule has 0 spiro atoms. The number of thiol groups is 1. The first-order valence-corrected chi connectivity index (χ1v) is 4.57. The van der Waals surface area contributed by atoms with Gasteiger partial charge in [0.25, 0.3) is 0 Å². The van der Waals surface area contributed by atoms with E-state index in [1.807, 2.05) is 6.08 Å². The van der Waals surface area contributed by atoms with E-state index >= 15 is 0 Å². The Balaban J connectivity index is 4.26. The van der Waals surface area contributed by atoms with Gasteiger partial charge < -0.3 is 0 Å². The largest absolute Gasteiger partial charge is 0.175 e. The van der Waals surface area contributed by atoms with Gasteiger partial charge in [0.1, 0.15) is 0 Å². The zero-order chi connectivity index (χ0) is 8.91. The van der Waals surface area contributed by atoms with Gasteiger partial charge in [0, 0.05) is 5.75 Å². The molecule has 1 heteroatoms. The fourth-order valence-electron chi connectivity index (χ4n) is 0.833. The molecule has 0 nitrogen and oxygen atoms in total. The molecule has 0 aromatic carbocycles. The van der Waals surface area contributed by atoms with Crippen molar-refractivity contribution in [2.75, 3.05) is 5.75 Å². The second-order valence-electron chi connectivity index (χ2n) is 3.66. The zero-order valence-corrected chi connectivity index (χ0v) is 8.62. The van der Waals surface area contributed by atoms with Crippen molar-refractivity contribution in [3.8, 4) is 0 Å². The molecule has 0 saturated heterocycles. The van der Waals surface area contributed by atoms with Gasteiger partial charge in [-0.15, -0.1) is 6.58 Å². The number of hydrogen-bond acceptors (Lipinski definition) is 1. The zero-order valence-electron chi connectivity index (χ0n) is 7.72. The number of allylic oxidation sites excluding steroid dienone is 2. The van der Waals surface area contributed by atoms with Crippen molar-refractivity contribution in [3.63, 3.8) is 0 Å². The lowest BCUT2D eigenvalue weighted by Crippen LogP contribution is -2.10. The molecule has 0 radical (unpaired) electrons. The first kappa shape index (κ1) is 10.8. The van der Waals surface area contributed by atoms with Crippen molar-refractivity contribution in [2.45, 2.75) is 27.2 Å². The summed E-state index contributed by atoms with van der Waals surface area (Å²) in [5.41, 5.74) is 1.64. The molecular weight excluding hydrogens is 152 g/mol. The van der Waals surface area contributed by atoms with E-state index in [2.05, 4.69) is 46.1 Å². The van der Waals surface area contributed by atoms with Gasteiger partial charge in [-0.05, 0) is 11.8 Å². The van der Waals surface area contributed by atoms with Crippen LogP contribution in [0.15, 0.2) is 24.3 Å². The van der Waals surface area contributed by atoms with E-state index in [1.54, 1.807) is 0 Å². The monoisotopic (exact) mass is 170 g/mol. The molecule has 0 aliphatic carbocycles. The van der Waals surface area contributed by atoms with E-state index in [4.69, 9.17) is 0 Å². The van der Waals surface area contributed by atoms with E-state index in [0.29, 0.717) is 0 Å². The molecule has 0 aromatic rings. The van der Waals surface area contributed by atoms with Gasteiger partial charge in [0.15, 0.2) is 0 Å². The molecule has 0 atom stereocenters. The molecule has 0 amide bonds. The summed E-state index contributed by atoms with van der Waals surface area (Å²) in [5.74, 6) is 0.845. The highest BCUT2D eigenvalue weighted by Gasteiger charge is 2.14. The van der Waals surface area contributed by atoms with Crippen molar-refractivity contribution in [1.82, 2.24) is 0 Å². The second-order valence-corrected chi connectivity index (χ2v) is 3.98. The van der Waals surface area contributed by atoms with Crippen LogP contribution in [0.1, 0.15) is 27.2 Å². The lowest BCUT2D eigenvalue weighted by molar-refractivity contribution is 0.505. The third-order valence-corrected chi connectivity index (χ3v) is 2.01. The molecule has 0 saturated carbocycles. The highest BCUT2D eigenvalue weighted by Crippen LogP contribution is 2.26. The third-order valence-electron chi connectivity index (χ3n) is 1.66. The molecule has 0 fully saturated rings. The normalized spacial score (nSPS) is 13.3.